The van der Waals surface area contributed by atoms with Crippen molar-refractivity contribution in [3.63, 3.8) is 0 Å². The molecule has 0 aliphatic carbocycles. The minimum Gasteiger partial charge on any atom is -0.486 e. The predicted molar refractivity (Wildman–Crippen MR) is 98.7 cm³/mol. The summed E-state index contributed by atoms with van der Waals surface area (Å²) >= 11 is 6.23. The maximum atomic E-state index is 12.5. The van der Waals surface area contributed by atoms with E-state index < -0.39 is 0 Å². The molecule has 126 valence electrons. The summed E-state index contributed by atoms with van der Waals surface area (Å²) in [5.41, 5.74) is 1.58. The Labute approximate surface area is 150 Å². The smallest absolute Gasteiger partial charge is 0.228 e. The molecular weight excluding hydrogens is 338 g/mol. The Balaban J connectivity index is 1.55. The van der Waals surface area contributed by atoms with Crippen LogP contribution in [0.3, 0.4) is 0 Å². The zero-order valence-corrected chi connectivity index (χ0v) is 14.2. The van der Waals surface area contributed by atoms with Crippen LogP contribution in [0.5, 0.6) is 11.5 Å². The number of ether oxygens (including phenoxy) is 2. The molecule has 4 nitrogen and oxygen atoms in total. The maximum Gasteiger partial charge on any atom is 0.228 e. The average molecular weight is 354 g/mol. The molecule has 3 aromatic carbocycles. The number of anilines is 1. The van der Waals surface area contributed by atoms with E-state index in [9.17, 15) is 4.79 Å². The molecule has 1 amide bonds. The van der Waals surface area contributed by atoms with Gasteiger partial charge < -0.3 is 14.8 Å². The SMILES string of the molecule is O=C(Cc1cc(Cl)c2c(c1)OCCO2)Nc1cccc2ccccc12. The van der Waals surface area contributed by atoms with E-state index in [2.05, 4.69) is 5.32 Å². The van der Waals surface area contributed by atoms with Crippen molar-refractivity contribution < 1.29 is 14.3 Å². The van der Waals surface area contributed by atoms with Gasteiger partial charge in [0.05, 0.1) is 11.4 Å². The van der Waals surface area contributed by atoms with Gasteiger partial charge in [0.1, 0.15) is 13.2 Å². The zero-order chi connectivity index (χ0) is 17.2. The molecule has 0 spiro atoms. The first-order valence-electron chi connectivity index (χ1n) is 8.06. The van der Waals surface area contributed by atoms with Gasteiger partial charge in [0.25, 0.3) is 0 Å². The first kappa shape index (κ1) is 15.8. The summed E-state index contributed by atoms with van der Waals surface area (Å²) in [7, 11) is 0. The lowest BCUT2D eigenvalue weighted by Crippen LogP contribution is -2.17. The van der Waals surface area contributed by atoms with Crippen molar-refractivity contribution in [3.8, 4) is 11.5 Å². The molecule has 1 heterocycles. The van der Waals surface area contributed by atoms with Crippen molar-refractivity contribution in [2.24, 2.45) is 0 Å². The van der Waals surface area contributed by atoms with Gasteiger partial charge in [-0.25, -0.2) is 0 Å². The molecular formula is C20H16ClNO3. The molecule has 0 aromatic heterocycles. The molecule has 1 aliphatic rings. The monoisotopic (exact) mass is 353 g/mol. The standard InChI is InChI=1S/C20H16ClNO3/c21-16-10-13(11-18-20(16)25-9-8-24-18)12-19(23)22-17-7-3-5-14-4-1-2-6-15(14)17/h1-7,10-11H,8-9,12H2,(H,22,23). The number of amides is 1. The normalized spacial score (nSPS) is 12.8. The largest absolute Gasteiger partial charge is 0.486 e. The summed E-state index contributed by atoms with van der Waals surface area (Å²) in [6, 6.07) is 17.4. The van der Waals surface area contributed by atoms with E-state index in [0.29, 0.717) is 29.7 Å². The summed E-state index contributed by atoms with van der Waals surface area (Å²) in [6.07, 6.45) is 0.208. The van der Waals surface area contributed by atoms with Gasteiger partial charge in [0, 0.05) is 11.1 Å². The van der Waals surface area contributed by atoms with Crippen LogP contribution in [0.2, 0.25) is 5.02 Å². The van der Waals surface area contributed by atoms with Crippen molar-refractivity contribution in [1.29, 1.82) is 0 Å². The fourth-order valence-corrected chi connectivity index (χ4v) is 3.27. The van der Waals surface area contributed by atoms with E-state index in [-0.39, 0.29) is 12.3 Å². The second-order valence-electron chi connectivity index (χ2n) is 5.85. The summed E-state index contributed by atoms with van der Waals surface area (Å²) in [5, 5.41) is 5.54. The van der Waals surface area contributed by atoms with Gasteiger partial charge in [-0.05, 0) is 29.1 Å². The van der Waals surface area contributed by atoms with E-state index >= 15 is 0 Å². The predicted octanol–water partition coefficient (Wildman–Crippen LogP) is 4.45. The lowest BCUT2D eigenvalue weighted by atomic mass is 10.1. The van der Waals surface area contributed by atoms with Gasteiger partial charge in [-0.2, -0.15) is 0 Å². The molecule has 3 aromatic rings. The average Bonchev–Trinajstić information content (AvgIpc) is 2.62. The van der Waals surface area contributed by atoms with Crippen molar-refractivity contribution in [3.05, 3.63) is 65.2 Å². The molecule has 4 rings (SSSR count). The lowest BCUT2D eigenvalue weighted by molar-refractivity contribution is -0.115. The molecule has 5 heteroatoms. The van der Waals surface area contributed by atoms with Gasteiger partial charge in [-0.15, -0.1) is 0 Å². The van der Waals surface area contributed by atoms with Crippen LogP contribution in [0.15, 0.2) is 54.6 Å². The molecule has 0 fully saturated rings. The molecule has 1 N–H and O–H groups in total. The van der Waals surface area contributed by atoms with Crippen molar-refractivity contribution in [1.82, 2.24) is 0 Å². The van der Waals surface area contributed by atoms with E-state index in [1.54, 1.807) is 6.07 Å². The van der Waals surface area contributed by atoms with Crippen LogP contribution in [0.1, 0.15) is 5.56 Å². The molecule has 0 unspecified atom stereocenters. The summed E-state index contributed by atoms with van der Waals surface area (Å²) in [5.74, 6) is 1.03. The fraction of sp³-hybridized carbons (Fsp3) is 0.150. The van der Waals surface area contributed by atoms with Crippen molar-refractivity contribution in [2.75, 3.05) is 18.5 Å². The highest BCUT2D eigenvalue weighted by Gasteiger charge is 2.18. The third-order valence-corrected chi connectivity index (χ3v) is 4.37. The van der Waals surface area contributed by atoms with Gasteiger partial charge >= 0.3 is 0 Å². The highest BCUT2D eigenvalue weighted by molar-refractivity contribution is 6.32. The van der Waals surface area contributed by atoms with Crippen LogP contribution in [0.25, 0.3) is 10.8 Å². The molecule has 0 bridgehead atoms. The third-order valence-electron chi connectivity index (χ3n) is 4.09. The van der Waals surface area contributed by atoms with Crippen LogP contribution in [0, 0.1) is 0 Å². The number of nitrogens with one attached hydrogen (secondary N) is 1. The molecule has 1 aliphatic heterocycles. The number of benzene rings is 3. The second-order valence-corrected chi connectivity index (χ2v) is 6.26. The molecule has 0 saturated heterocycles. The summed E-state index contributed by atoms with van der Waals surface area (Å²) in [4.78, 5) is 12.5. The molecule has 0 atom stereocenters. The fourth-order valence-electron chi connectivity index (χ4n) is 2.98. The number of carbonyl (C=O) groups is 1. The number of hydrogen-bond acceptors (Lipinski definition) is 3. The Hall–Kier alpha value is -2.72. The molecule has 25 heavy (non-hydrogen) atoms. The van der Waals surface area contributed by atoms with E-state index in [1.165, 1.54) is 0 Å². The minimum atomic E-state index is -0.107. The Morgan fingerprint density at radius 2 is 1.84 bits per heavy atom. The van der Waals surface area contributed by atoms with Crippen LogP contribution >= 0.6 is 11.6 Å². The third kappa shape index (κ3) is 3.26. The summed E-state index contributed by atoms with van der Waals surface area (Å²) < 4.78 is 11.1. The van der Waals surface area contributed by atoms with Crippen molar-refractivity contribution in [2.45, 2.75) is 6.42 Å². The topological polar surface area (TPSA) is 47.6 Å². The van der Waals surface area contributed by atoms with E-state index in [0.717, 1.165) is 22.0 Å². The Kier molecular flexibility index (Phi) is 4.20. The Morgan fingerprint density at radius 1 is 1.04 bits per heavy atom. The van der Waals surface area contributed by atoms with Crippen LogP contribution < -0.4 is 14.8 Å². The minimum absolute atomic E-state index is 0.107. The van der Waals surface area contributed by atoms with Crippen LogP contribution in [-0.4, -0.2) is 19.1 Å². The highest BCUT2D eigenvalue weighted by Crippen LogP contribution is 2.38. The highest BCUT2D eigenvalue weighted by atomic mass is 35.5. The van der Waals surface area contributed by atoms with Crippen LogP contribution in [-0.2, 0) is 11.2 Å². The number of halogens is 1. The molecule has 0 radical (unpaired) electrons. The second kappa shape index (κ2) is 6.65. The lowest BCUT2D eigenvalue weighted by Gasteiger charge is -2.20. The first-order valence-corrected chi connectivity index (χ1v) is 8.44. The van der Waals surface area contributed by atoms with Gasteiger partial charge in [0.2, 0.25) is 5.91 Å². The quantitative estimate of drug-likeness (QED) is 0.757. The van der Waals surface area contributed by atoms with Gasteiger partial charge in [-0.1, -0.05) is 48.0 Å². The number of hydrogen-bond donors (Lipinski definition) is 1. The van der Waals surface area contributed by atoms with Gasteiger partial charge in [-0.3, -0.25) is 4.79 Å². The Bertz CT molecular complexity index is 950. The van der Waals surface area contributed by atoms with E-state index in [1.807, 2.05) is 48.5 Å². The zero-order valence-electron chi connectivity index (χ0n) is 13.4. The van der Waals surface area contributed by atoms with E-state index in [4.69, 9.17) is 21.1 Å². The van der Waals surface area contributed by atoms with Crippen LogP contribution in [0.4, 0.5) is 5.69 Å². The molecule has 0 saturated carbocycles. The van der Waals surface area contributed by atoms with Crippen molar-refractivity contribution >= 4 is 34.0 Å². The maximum absolute atomic E-state index is 12.5. The van der Waals surface area contributed by atoms with Gasteiger partial charge in [0.15, 0.2) is 11.5 Å². The Morgan fingerprint density at radius 3 is 2.76 bits per heavy atom. The summed E-state index contributed by atoms with van der Waals surface area (Å²) in [6.45, 7) is 0.961. The number of rotatable bonds is 3. The number of carbonyl (C=O) groups excluding carboxylic acids is 1. The first-order chi connectivity index (χ1) is 12.2. The number of fused-ring (bicyclic) bond motifs is 2.